The molecule has 0 saturated carbocycles. The molecule has 0 saturated heterocycles. The van der Waals surface area contributed by atoms with E-state index >= 15 is 0 Å². The van der Waals surface area contributed by atoms with Crippen molar-refractivity contribution in [1.82, 2.24) is 35.3 Å². The lowest BCUT2D eigenvalue weighted by molar-refractivity contribution is -0.274. The Kier molecular flexibility index (Phi) is 10.3. The monoisotopic (exact) mass is 606 g/mol. The zero-order valence-electron chi connectivity index (χ0n) is 22.6. The van der Waals surface area contributed by atoms with Crippen LogP contribution < -0.4 is 15.4 Å². The van der Waals surface area contributed by atoms with Crippen LogP contribution in [0.1, 0.15) is 33.6 Å². The maximum atomic E-state index is 14.6. The highest BCUT2D eigenvalue weighted by atomic mass is 19.4. The third kappa shape index (κ3) is 10.2. The molecule has 1 unspecified atom stereocenters. The van der Waals surface area contributed by atoms with E-state index < -0.39 is 36.8 Å². The lowest BCUT2D eigenvalue weighted by Crippen LogP contribution is -2.23. The van der Waals surface area contributed by atoms with Gasteiger partial charge in [0.1, 0.15) is 11.9 Å². The molecule has 0 fully saturated rings. The number of hydrogen-bond acceptors (Lipinski definition) is 7. The van der Waals surface area contributed by atoms with Gasteiger partial charge in [-0.15, -0.1) is 23.4 Å². The summed E-state index contributed by atoms with van der Waals surface area (Å²) in [6, 6.07) is 12.2. The minimum absolute atomic E-state index is 0.0175. The summed E-state index contributed by atoms with van der Waals surface area (Å²) in [6.07, 6.45) is -3.45. The molecule has 2 amide bonds. The highest BCUT2D eigenvalue weighted by molar-refractivity contribution is 5.92. The molecular formula is C27H27F5N8O3. The fraction of sp³-hybridized carbons (Fsp3) is 0.333. The van der Waals surface area contributed by atoms with E-state index in [4.69, 9.17) is 0 Å². The molecular weight excluding hydrogens is 579 g/mol. The molecule has 0 aliphatic rings. The second-order valence-electron chi connectivity index (χ2n) is 9.44. The number of aryl methyl sites for hydroxylation is 2. The highest BCUT2D eigenvalue weighted by Gasteiger charge is 2.31. The smallest absolute Gasteiger partial charge is 0.406 e. The van der Waals surface area contributed by atoms with Gasteiger partial charge >= 0.3 is 6.36 Å². The molecule has 11 nitrogen and oxygen atoms in total. The third-order valence-corrected chi connectivity index (χ3v) is 5.96. The van der Waals surface area contributed by atoms with Crippen LogP contribution >= 0.6 is 0 Å². The summed E-state index contributed by atoms with van der Waals surface area (Å²) in [6.45, 7) is -0.293. The van der Waals surface area contributed by atoms with Gasteiger partial charge in [0.05, 0.1) is 32.0 Å². The number of carbonyl (C=O) groups excluding carboxylic acids is 2. The standard InChI is InChI=1S/C27H27F5N8O3/c28-9-7-18-3-1-5-20(11-18)14-33-26(42)23-16-39(37-35-23)10-8-21(29)15-40-17-24(36-38-40)34-25(41)13-19-4-2-6-22(12-19)43-27(30,31)32/h1-6,11-12,16-17,21H,7-10,13-15H2,(H,33,42)(H,34,41). The molecule has 16 heteroatoms. The molecule has 2 heterocycles. The molecule has 1 atom stereocenters. The van der Waals surface area contributed by atoms with E-state index in [2.05, 4.69) is 36.0 Å². The zero-order valence-corrected chi connectivity index (χ0v) is 22.6. The second-order valence-corrected chi connectivity index (χ2v) is 9.44. The van der Waals surface area contributed by atoms with Gasteiger partial charge in [-0.3, -0.25) is 18.7 Å². The summed E-state index contributed by atoms with van der Waals surface area (Å²) in [5, 5.41) is 20.4. The third-order valence-electron chi connectivity index (χ3n) is 5.96. The number of nitrogens with zero attached hydrogens (tertiary/aromatic N) is 6. The Hall–Kier alpha value is -4.89. The molecule has 4 aromatic rings. The van der Waals surface area contributed by atoms with Crippen molar-refractivity contribution in [2.75, 3.05) is 12.0 Å². The van der Waals surface area contributed by atoms with Gasteiger partial charge in [0.25, 0.3) is 5.91 Å². The molecule has 0 spiro atoms. The van der Waals surface area contributed by atoms with E-state index in [0.717, 1.165) is 23.3 Å². The van der Waals surface area contributed by atoms with Crippen LogP contribution in [0.15, 0.2) is 60.9 Å². The lowest BCUT2D eigenvalue weighted by atomic mass is 10.1. The van der Waals surface area contributed by atoms with Crippen molar-refractivity contribution in [3.8, 4) is 5.75 Å². The summed E-state index contributed by atoms with van der Waals surface area (Å²) in [7, 11) is 0. The molecule has 2 N–H and O–H groups in total. The van der Waals surface area contributed by atoms with Crippen LogP contribution in [0, 0.1) is 0 Å². The van der Waals surface area contributed by atoms with E-state index in [1.54, 1.807) is 6.07 Å². The zero-order chi connectivity index (χ0) is 30.8. The summed E-state index contributed by atoms with van der Waals surface area (Å²) in [5.41, 5.74) is 1.99. The second kappa shape index (κ2) is 14.3. The Morgan fingerprint density at radius 1 is 0.953 bits per heavy atom. The van der Waals surface area contributed by atoms with Crippen molar-refractivity contribution in [2.45, 2.75) is 51.4 Å². The number of carbonyl (C=O) groups is 2. The molecule has 0 bridgehead atoms. The van der Waals surface area contributed by atoms with Gasteiger partial charge in [-0.05, 0) is 28.8 Å². The minimum Gasteiger partial charge on any atom is -0.406 e. The first-order valence-electron chi connectivity index (χ1n) is 13.1. The first-order valence-corrected chi connectivity index (χ1v) is 13.1. The Morgan fingerprint density at radius 2 is 1.70 bits per heavy atom. The quantitative estimate of drug-likeness (QED) is 0.209. The first kappa shape index (κ1) is 31.1. The number of benzene rings is 2. The van der Waals surface area contributed by atoms with Crippen LogP contribution in [0.2, 0.25) is 0 Å². The molecule has 228 valence electrons. The van der Waals surface area contributed by atoms with Crippen molar-refractivity contribution >= 4 is 17.6 Å². The first-order chi connectivity index (χ1) is 20.6. The molecule has 0 aliphatic heterocycles. The topological polar surface area (TPSA) is 129 Å². The van der Waals surface area contributed by atoms with E-state index in [1.165, 1.54) is 33.9 Å². The van der Waals surface area contributed by atoms with Crippen LogP contribution in [0.4, 0.5) is 27.8 Å². The normalized spacial score (nSPS) is 12.1. The van der Waals surface area contributed by atoms with Crippen molar-refractivity contribution in [1.29, 1.82) is 0 Å². The number of nitrogens with one attached hydrogen (secondary N) is 2. The fourth-order valence-corrected chi connectivity index (χ4v) is 4.03. The van der Waals surface area contributed by atoms with Gasteiger partial charge in [0, 0.05) is 25.9 Å². The van der Waals surface area contributed by atoms with Gasteiger partial charge in [0.2, 0.25) is 5.91 Å². The van der Waals surface area contributed by atoms with E-state index in [0.29, 0.717) is 6.42 Å². The van der Waals surface area contributed by atoms with Gasteiger partial charge < -0.3 is 15.4 Å². The largest absolute Gasteiger partial charge is 0.573 e. The molecule has 0 aliphatic carbocycles. The Balaban J connectivity index is 1.19. The maximum absolute atomic E-state index is 14.6. The van der Waals surface area contributed by atoms with Crippen LogP contribution in [-0.2, 0) is 37.3 Å². The number of amides is 2. The minimum atomic E-state index is -4.85. The number of anilines is 1. The average Bonchev–Trinajstić information content (AvgIpc) is 3.60. The van der Waals surface area contributed by atoms with Crippen LogP contribution in [0.5, 0.6) is 5.75 Å². The Bertz CT molecular complexity index is 1520. The Morgan fingerprint density at radius 3 is 2.49 bits per heavy atom. The van der Waals surface area contributed by atoms with Crippen LogP contribution in [-0.4, -0.2) is 61.0 Å². The molecule has 4 rings (SSSR count). The number of aromatic nitrogens is 6. The Labute approximate surface area is 242 Å². The highest BCUT2D eigenvalue weighted by Crippen LogP contribution is 2.23. The number of rotatable bonds is 14. The predicted molar refractivity (Wildman–Crippen MR) is 142 cm³/mol. The van der Waals surface area contributed by atoms with Crippen LogP contribution in [0.25, 0.3) is 0 Å². The van der Waals surface area contributed by atoms with Gasteiger partial charge in [-0.25, -0.2) is 9.07 Å². The molecule has 2 aromatic heterocycles. The maximum Gasteiger partial charge on any atom is 0.573 e. The average molecular weight is 607 g/mol. The van der Waals surface area contributed by atoms with Crippen molar-refractivity contribution < 1.29 is 36.3 Å². The molecule has 43 heavy (non-hydrogen) atoms. The number of ether oxygens (including phenoxy) is 1. The summed E-state index contributed by atoms with van der Waals surface area (Å²) >= 11 is 0. The summed E-state index contributed by atoms with van der Waals surface area (Å²) in [4.78, 5) is 24.7. The van der Waals surface area contributed by atoms with Gasteiger partial charge in [-0.1, -0.05) is 46.8 Å². The van der Waals surface area contributed by atoms with Gasteiger partial charge in [0.15, 0.2) is 11.5 Å². The predicted octanol–water partition coefficient (Wildman–Crippen LogP) is 3.82. The van der Waals surface area contributed by atoms with Crippen LogP contribution in [0.3, 0.4) is 0 Å². The van der Waals surface area contributed by atoms with Crippen molar-refractivity contribution in [2.24, 2.45) is 0 Å². The van der Waals surface area contributed by atoms with Crippen molar-refractivity contribution in [3.63, 3.8) is 0 Å². The lowest BCUT2D eigenvalue weighted by Gasteiger charge is -2.09. The van der Waals surface area contributed by atoms with E-state index in [1.807, 2.05) is 18.2 Å². The summed E-state index contributed by atoms with van der Waals surface area (Å²) in [5.74, 6) is -1.43. The fourth-order valence-electron chi connectivity index (χ4n) is 4.03. The summed E-state index contributed by atoms with van der Waals surface area (Å²) < 4.78 is 70.8. The number of alkyl halides is 5. The SMILES string of the molecule is O=C(Cc1cccc(OC(F)(F)F)c1)Nc1cn(CC(F)CCn2cc(C(=O)NCc3cccc(CCF)c3)nn2)nn1. The van der Waals surface area contributed by atoms with E-state index in [-0.39, 0.29) is 49.6 Å². The number of halogens is 5. The molecule has 2 aromatic carbocycles. The molecule has 0 radical (unpaired) electrons. The number of hydrogen-bond donors (Lipinski definition) is 2. The van der Waals surface area contributed by atoms with E-state index in [9.17, 15) is 31.5 Å². The van der Waals surface area contributed by atoms with Crippen molar-refractivity contribution in [3.05, 3.63) is 83.3 Å². The van der Waals surface area contributed by atoms with Gasteiger partial charge in [-0.2, -0.15) is 0 Å².